The molecule has 7 aromatic rings. The summed E-state index contributed by atoms with van der Waals surface area (Å²) in [4.78, 5) is 2.60. The second kappa shape index (κ2) is 14.4. The van der Waals surface area contributed by atoms with Gasteiger partial charge in [-0.2, -0.15) is 0 Å². The lowest BCUT2D eigenvalue weighted by Gasteiger charge is -2.37. The van der Waals surface area contributed by atoms with Crippen molar-refractivity contribution in [1.29, 1.82) is 0 Å². The Hall–Kier alpha value is -5.66. The second-order valence-corrected chi connectivity index (χ2v) is 17.2. The largest absolute Gasteiger partial charge is 0.310 e. The molecule has 11 rings (SSSR count). The lowest BCUT2D eigenvalue weighted by atomic mass is 9.67. The highest BCUT2D eigenvalue weighted by Gasteiger charge is 2.44. The maximum Gasteiger partial charge on any atom is 0.0543 e. The highest BCUT2D eigenvalue weighted by atomic mass is 15.1. The number of benzene rings is 7. The Balaban J connectivity index is 1.18. The Morgan fingerprint density at radius 1 is 0.351 bits per heavy atom. The molecular formula is C56H51N. The SMILES string of the molecule is c1ccc(-c2ccc(N(c3ccc(-c4ccccc4)cc3)c3cc4c(cc3-c3cc5c(c6c3CCCC6)CCCC5)-c3ccccc3C43CCCCC3)cc2)cc1. The van der Waals surface area contributed by atoms with Crippen molar-refractivity contribution in [3.63, 3.8) is 0 Å². The minimum absolute atomic E-state index is 0.0622. The van der Waals surface area contributed by atoms with Gasteiger partial charge in [0.05, 0.1) is 5.69 Å². The van der Waals surface area contributed by atoms with E-state index in [0.29, 0.717) is 0 Å². The fourth-order valence-electron chi connectivity index (χ4n) is 11.3. The van der Waals surface area contributed by atoms with Gasteiger partial charge in [0.15, 0.2) is 0 Å². The number of fused-ring (bicyclic) bond motifs is 8. The van der Waals surface area contributed by atoms with Crippen molar-refractivity contribution < 1.29 is 0 Å². The molecule has 7 aromatic carbocycles. The van der Waals surface area contributed by atoms with E-state index in [1.807, 2.05) is 0 Å². The molecule has 0 heterocycles. The van der Waals surface area contributed by atoms with Crippen molar-refractivity contribution in [3.05, 3.63) is 185 Å². The molecule has 1 nitrogen and oxygen atoms in total. The van der Waals surface area contributed by atoms with Crippen LogP contribution in [0, 0.1) is 0 Å². The van der Waals surface area contributed by atoms with Gasteiger partial charge in [0.25, 0.3) is 0 Å². The van der Waals surface area contributed by atoms with Crippen LogP contribution in [-0.4, -0.2) is 0 Å². The van der Waals surface area contributed by atoms with E-state index < -0.39 is 0 Å². The minimum Gasteiger partial charge on any atom is -0.310 e. The van der Waals surface area contributed by atoms with Gasteiger partial charge in [-0.05, 0) is 173 Å². The first-order valence-corrected chi connectivity index (χ1v) is 21.8. The van der Waals surface area contributed by atoms with Gasteiger partial charge in [-0.3, -0.25) is 0 Å². The topological polar surface area (TPSA) is 3.24 Å². The number of rotatable bonds is 6. The third-order valence-corrected chi connectivity index (χ3v) is 14.1. The maximum absolute atomic E-state index is 2.68. The molecule has 4 aliphatic carbocycles. The number of aryl methyl sites for hydroxylation is 1. The number of anilines is 3. The maximum atomic E-state index is 2.68. The van der Waals surface area contributed by atoms with Gasteiger partial charge in [0.1, 0.15) is 0 Å². The van der Waals surface area contributed by atoms with Crippen LogP contribution in [-0.2, 0) is 31.1 Å². The first-order chi connectivity index (χ1) is 28.2. The number of nitrogens with zero attached hydrogens (tertiary/aromatic N) is 1. The summed E-state index contributed by atoms with van der Waals surface area (Å²) >= 11 is 0. The van der Waals surface area contributed by atoms with Crippen LogP contribution in [0.3, 0.4) is 0 Å². The third kappa shape index (κ3) is 5.89. The van der Waals surface area contributed by atoms with Gasteiger partial charge in [0, 0.05) is 22.4 Å². The van der Waals surface area contributed by atoms with Crippen LogP contribution in [0.4, 0.5) is 17.1 Å². The molecule has 280 valence electrons. The van der Waals surface area contributed by atoms with Crippen molar-refractivity contribution in [2.24, 2.45) is 0 Å². The van der Waals surface area contributed by atoms with Gasteiger partial charge in [-0.15, -0.1) is 0 Å². The van der Waals surface area contributed by atoms with E-state index >= 15 is 0 Å². The molecule has 0 aromatic heterocycles. The molecule has 0 bridgehead atoms. The zero-order valence-electron chi connectivity index (χ0n) is 33.1. The van der Waals surface area contributed by atoms with Crippen LogP contribution < -0.4 is 4.90 Å². The van der Waals surface area contributed by atoms with Crippen LogP contribution in [0.5, 0.6) is 0 Å². The lowest BCUT2D eigenvalue weighted by molar-refractivity contribution is 0.353. The smallest absolute Gasteiger partial charge is 0.0543 e. The summed E-state index contributed by atoms with van der Waals surface area (Å²) in [7, 11) is 0. The molecule has 0 unspecified atom stereocenters. The first kappa shape index (κ1) is 34.6. The number of hydrogen-bond donors (Lipinski definition) is 0. The zero-order valence-corrected chi connectivity index (χ0v) is 33.1. The standard InChI is InChI=1S/C56H51N/c1-4-16-39(17-5-1)41-26-30-44(31-27-41)57(45-32-28-42(29-33-45)40-18-6-2-7-19-40)55-38-54-51(49-24-12-13-25-53(49)56(54)34-14-3-15-35-56)37-52(55)50-36-43-20-8-9-21-46(43)47-22-10-11-23-48(47)50/h1-2,4-7,12-13,16-19,24-33,36-38H,3,8-11,14-15,20-23,34-35H2. The summed E-state index contributed by atoms with van der Waals surface area (Å²) in [6.45, 7) is 0. The van der Waals surface area contributed by atoms with Gasteiger partial charge in [-0.25, -0.2) is 0 Å². The van der Waals surface area contributed by atoms with Crippen molar-refractivity contribution >= 4 is 17.1 Å². The lowest BCUT2D eigenvalue weighted by Crippen LogP contribution is -2.28. The molecule has 0 radical (unpaired) electrons. The predicted octanol–water partition coefficient (Wildman–Crippen LogP) is 15.1. The average Bonchev–Trinajstić information content (AvgIpc) is 3.54. The fraction of sp³-hybridized carbons (Fsp3) is 0.250. The van der Waals surface area contributed by atoms with Crippen LogP contribution in [0.2, 0.25) is 0 Å². The van der Waals surface area contributed by atoms with E-state index in [1.165, 1.54) is 145 Å². The summed E-state index contributed by atoms with van der Waals surface area (Å²) in [6.07, 6.45) is 16.4. The summed E-state index contributed by atoms with van der Waals surface area (Å²) in [5.41, 5.74) is 24.3. The van der Waals surface area contributed by atoms with Crippen molar-refractivity contribution in [2.45, 2.75) is 88.9 Å². The highest BCUT2D eigenvalue weighted by Crippen LogP contribution is 2.59. The van der Waals surface area contributed by atoms with Crippen LogP contribution in [0.15, 0.2) is 152 Å². The Labute approximate surface area is 339 Å². The molecule has 0 amide bonds. The molecular weight excluding hydrogens is 687 g/mol. The molecule has 0 atom stereocenters. The van der Waals surface area contributed by atoms with Gasteiger partial charge >= 0.3 is 0 Å². The molecule has 0 saturated heterocycles. The normalized spacial score (nSPS) is 16.4. The van der Waals surface area contributed by atoms with E-state index in [9.17, 15) is 0 Å². The molecule has 1 heteroatoms. The van der Waals surface area contributed by atoms with Gasteiger partial charge in [0.2, 0.25) is 0 Å². The molecule has 57 heavy (non-hydrogen) atoms. The van der Waals surface area contributed by atoms with Gasteiger partial charge < -0.3 is 4.90 Å². The third-order valence-electron chi connectivity index (χ3n) is 14.1. The highest BCUT2D eigenvalue weighted by molar-refractivity contribution is 5.96. The van der Waals surface area contributed by atoms with E-state index in [0.717, 1.165) is 0 Å². The van der Waals surface area contributed by atoms with Gasteiger partial charge in [-0.1, -0.05) is 135 Å². The van der Waals surface area contributed by atoms with E-state index in [-0.39, 0.29) is 5.41 Å². The molecule has 4 aliphatic rings. The van der Waals surface area contributed by atoms with Crippen molar-refractivity contribution in [2.75, 3.05) is 4.90 Å². The summed E-state index contributed by atoms with van der Waals surface area (Å²) in [6, 6.07) is 57.8. The van der Waals surface area contributed by atoms with Crippen molar-refractivity contribution in [3.8, 4) is 44.5 Å². The average molecular weight is 738 g/mol. The predicted molar refractivity (Wildman–Crippen MR) is 240 cm³/mol. The van der Waals surface area contributed by atoms with Crippen LogP contribution in [0.25, 0.3) is 44.5 Å². The Morgan fingerprint density at radius 2 is 0.895 bits per heavy atom. The van der Waals surface area contributed by atoms with E-state index in [1.54, 1.807) is 33.4 Å². The van der Waals surface area contributed by atoms with Crippen molar-refractivity contribution in [1.82, 2.24) is 0 Å². The Bertz CT molecular complexity index is 2490. The summed E-state index contributed by atoms with van der Waals surface area (Å²) in [5, 5.41) is 0. The first-order valence-electron chi connectivity index (χ1n) is 21.8. The van der Waals surface area contributed by atoms with E-state index in [4.69, 9.17) is 0 Å². The Kier molecular flexibility index (Phi) is 8.72. The summed E-state index contributed by atoms with van der Waals surface area (Å²) < 4.78 is 0. The molecule has 1 spiro atoms. The Morgan fingerprint density at radius 3 is 1.54 bits per heavy atom. The quantitative estimate of drug-likeness (QED) is 0.164. The number of hydrogen-bond acceptors (Lipinski definition) is 1. The molecule has 1 fully saturated rings. The monoisotopic (exact) mass is 737 g/mol. The molecule has 0 N–H and O–H groups in total. The fourth-order valence-corrected chi connectivity index (χ4v) is 11.3. The second-order valence-electron chi connectivity index (χ2n) is 17.2. The minimum atomic E-state index is 0.0622. The molecule has 0 aliphatic heterocycles. The summed E-state index contributed by atoms with van der Waals surface area (Å²) in [5.74, 6) is 0. The molecule has 1 saturated carbocycles. The zero-order chi connectivity index (χ0) is 37.8. The van der Waals surface area contributed by atoms with E-state index in [2.05, 4.69) is 157 Å². The van der Waals surface area contributed by atoms with Crippen LogP contribution >= 0.6 is 0 Å². The van der Waals surface area contributed by atoms with Crippen LogP contribution in [0.1, 0.15) is 91.2 Å².